The number of halogens is 1. The van der Waals surface area contributed by atoms with Crippen LogP contribution in [0.2, 0.25) is 0 Å². The highest BCUT2D eigenvalue weighted by Crippen LogP contribution is 2.24. The second-order valence-electron chi connectivity index (χ2n) is 4.62. The number of hydrogen-bond donors (Lipinski definition) is 1. The molecule has 0 unspecified atom stereocenters. The van der Waals surface area contributed by atoms with Crippen molar-refractivity contribution < 1.29 is 0 Å². The Balaban J connectivity index is 2.36. The summed E-state index contributed by atoms with van der Waals surface area (Å²) in [6.07, 6.45) is 2.87. The molecule has 2 aromatic rings. The predicted octanol–water partition coefficient (Wildman–Crippen LogP) is 4.34. The van der Waals surface area contributed by atoms with Crippen molar-refractivity contribution in [3.8, 4) is 11.4 Å². The molecule has 0 saturated carbocycles. The molecule has 0 aliphatic carbocycles. The minimum absolute atomic E-state index is 0.755. The summed E-state index contributed by atoms with van der Waals surface area (Å²) in [4.78, 5) is 8.97. The molecule has 0 radical (unpaired) electrons. The maximum Gasteiger partial charge on any atom is 0.161 e. The van der Waals surface area contributed by atoms with Gasteiger partial charge in [-0.05, 0) is 53.4 Å². The summed E-state index contributed by atoms with van der Waals surface area (Å²) >= 11 is 3.47. The van der Waals surface area contributed by atoms with Gasteiger partial charge in [-0.15, -0.1) is 0 Å². The third-order valence-electron chi connectivity index (χ3n) is 3.05. The fourth-order valence-electron chi connectivity index (χ4n) is 1.75. The normalized spacial score (nSPS) is 10.5. The van der Waals surface area contributed by atoms with Gasteiger partial charge in [0.05, 0.1) is 4.47 Å². The van der Waals surface area contributed by atoms with Gasteiger partial charge in [-0.3, -0.25) is 0 Å². The molecule has 0 fully saturated rings. The van der Waals surface area contributed by atoms with Crippen LogP contribution in [-0.2, 0) is 0 Å². The molecule has 0 amide bonds. The lowest BCUT2D eigenvalue weighted by atomic mass is 10.1. The number of aromatic nitrogens is 2. The van der Waals surface area contributed by atoms with Crippen LogP contribution in [-0.4, -0.2) is 16.5 Å². The summed E-state index contributed by atoms with van der Waals surface area (Å²) in [5, 5.41) is 3.30. The van der Waals surface area contributed by atoms with Crippen LogP contribution in [0.15, 0.2) is 28.9 Å². The Morgan fingerprint density at radius 2 is 2.00 bits per heavy atom. The van der Waals surface area contributed by atoms with E-state index in [1.807, 2.05) is 0 Å². The molecule has 2 rings (SSSR count). The molecule has 1 heterocycles. The van der Waals surface area contributed by atoms with Gasteiger partial charge in [0.25, 0.3) is 0 Å². The Morgan fingerprint density at radius 1 is 1.21 bits per heavy atom. The number of nitrogens with one attached hydrogen (secondary N) is 1. The summed E-state index contributed by atoms with van der Waals surface area (Å²) in [5.41, 5.74) is 3.59. The fraction of sp³-hybridized carbons (Fsp3) is 0.333. The van der Waals surface area contributed by atoms with Crippen molar-refractivity contribution in [2.75, 3.05) is 11.9 Å². The van der Waals surface area contributed by atoms with Gasteiger partial charge in [0, 0.05) is 18.3 Å². The summed E-state index contributed by atoms with van der Waals surface area (Å²) in [6, 6.07) is 6.30. The first-order valence-corrected chi connectivity index (χ1v) is 7.25. The molecule has 0 bridgehead atoms. The van der Waals surface area contributed by atoms with E-state index in [2.05, 4.69) is 70.2 Å². The zero-order valence-electron chi connectivity index (χ0n) is 11.5. The third-order valence-corrected chi connectivity index (χ3v) is 3.63. The molecule has 100 valence electrons. The van der Waals surface area contributed by atoms with Gasteiger partial charge >= 0.3 is 0 Å². The molecule has 0 spiro atoms. The number of anilines is 1. The largest absolute Gasteiger partial charge is 0.369 e. The van der Waals surface area contributed by atoms with E-state index < -0.39 is 0 Å². The summed E-state index contributed by atoms with van der Waals surface area (Å²) in [7, 11) is 0. The molecule has 4 heteroatoms. The van der Waals surface area contributed by atoms with E-state index in [0.29, 0.717) is 0 Å². The average molecular weight is 320 g/mol. The van der Waals surface area contributed by atoms with Gasteiger partial charge in [0.15, 0.2) is 5.82 Å². The van der Waals surface area contributed by atoms with Crippen LogP contribution in [0, 0.1) is 13.8 Å². The topological polar surface area (TPSA) is 37.8 Å². The first kappa shape index (κ1) is 14.0. The first-order chi connectivity index (χ1) is 9.11. The Labute approximate surface area is 122 Å². The van der Waals surface area contributed by atoms with Gasteiger partial charge in [-0.25, -0.2) is 9.97 Å². The van der Waals surface area contributed by atoms with Gasteiger partial charge < -0.3 is 5.32 Å². The lowest BCUT2D eigenvalue weighted by Crippen LogP contribution is -2.04. The van der Waals surface area contributed by atoms with E-state index in [0.717, 1.165) is 34.6 Å². The van der Waals surface area contributed by atoms with Crippen LogP contribution in [0.25, 0.3) is 11.4 Å². The average Bonchev–Trinajstić information content (AvgIpc) is 2.41. The van der Waals surface area contributed by atoms with Crippen molar-refractivity contribution >= 4 is 21.7 Å². The summed E-state index contributed by atoms with van der Waals surface area (Å²) in [5.74, 6) is 1.61. The van der Waals surface area contributed by atoms with Gasteiger partial charge in [0.2, 0.25) is 0 Å². The van der Waals surface area contributed by atoms with Crippen molar-refractivity contribution in [1.82, 2.24) is 9.97 Å². The summed E-state index contributed by atoms with van der Waals surface area (Å²) < 4.78 is 0.897. The second kappa shape index (κ2) is 6.15. The van der Waals surface area contributed by atoms with Crippen LogP contribution in [0.1, 0.15) is 24.5 Å². The smallest absolute Gasteiger partial charge is 0.161 e. The van der Waals surface area contributed by atoms with Crippen LogP contribution in [0.5, 0.6) is 0 Å². The molecule has 3 nitrogen and oxygen atoms in total. The fourth-order valence-corrected chi connectivity index (χ4v) is 2.09. The highest BCUT2D eigenvalue weighted by molar-refractivity contribution is 9.10. The van der Waals surface area contributed by atoms with Crippen molar-refractivity contribution in [2.45, 2.75) is 27.2 Å². The van der Waals surface area contributed by atoms with Crippen LogP contribution in [0.3, 0.4) is 0 Å². The molecule has 19 heavy (non-hydrogen) atoms. The maximum absolute atomic E-state index is 4.58. The van der Waals surface area contributed by atoms with Crippen molar-refractivity contribution in [3.05, 3.63) is 40.0 Å². The van der Waals surface area contributed by atoms with Gasteiger partial charge in [-0.1, -0.05) is 19.1 Å². The quantitative estimate of drug-likeness (QED) is 0.910. The van der Waals surface area contributed by atoms with Crippen molar-refractivity contribution in [1.29, 1.82) is 0 Å². The Bertz CT molecular complexity index is 582. The van der Waals surface area contributed by atoms with E-state index >= 15 is 0 Å². The Morgan fingerprint density at radius 3 is 2.68 bits per heavy atom. The molecule has 1 aromatic carbocycles. The van der Waals surface area contributed by atoms with Crippen molar-refractivity contribution in [2.24, 2.45) is 0 Å². The highest BCUT2D eigenvalue weighted by atomic mass is 79.9. The number of nitrogens with zero attached hydrogens (tertiary/aromatic N) is 2. The number of aryl methyl sites for hydroxylation is 2. The first-order valence-electron chi connectivity index (χ1n) is 6.46. The van der Waals surface area contributed by atoms with E-state index in [4.69, 9.17) is 0 Å². The third kappa shape index (κ3) is 3.32. The van der Waals surface area contributed by atoms with Crippen LogP contribution < -0.4 is 5.32 Å². The van der Waals surface area contributed by atoms with Gasteiger partial charge in [-0.2, -0.15) is 0 Å². The van der Waals surface area contributed by atoms with E-state index in [1.54, 1.807) is 6.20 Å². The minimum Gasteiger partial charge on any atom is -0.369 e. The molecule has 1 N–H and O–H groups in total. The Hall–Kier alpha value is -1.42. The molecule has 0 aliphatic rings. The summed E-state index contributed by atoms with van der Waals surface area (Å²) in [6.45, 7) is 7.25. The zero-order valence-corrected chi connectivity index (χ0v) is 13.1. The second-order valence-corrected chi connectivity index (χ2v) is 5.47. The lowest BCUT2D eigenvalue weighted by Gasteiger charge is -2.09. The maximum atomic E-state index is 4.58. The van der Waals surface area contributed by atoms with Crippen LogP contribution in [0.4, 0.5) is 5.82 Å². The predicted molar refractivity (Wildman–Crippen MR) is 83.4 cm³/mol. The molecule has 0 saturated heterocycles. The zero-order chi connectivity index (χ0) is 13.8. The number of rotatable bonds is 4. The molecular weight excluding hydrogens is 302 g/mol. The minimum atomic E-state index is 0.755. The molecule has 1 aromatic heterocycles. The van der Waals surface area contributed by atoms with Crippen molar-refractivity contribution in [3.63, 3.8) is 0 Å². The van der Waals surface area contributed by atoms with E-state index in [1.165, 1.54) is 11.1 Å². The van der Waals surface area contributed by atoms with E-state index in [9.17, 15) is 0 Å². The monoisotopic (exact) mass is 319 g/mol. The number of benzene rings is 1. The standard InChI is InChI=1S/C15H18BrN3/c1-4-7-17-15-13(16)9-18-14(19-15)12-6-5-10(2)11(3)8-12/h5-6,8-9H,4,7H2,1-3H3,(H,17,18,19). The molecule has 0 atom stereocenters. The highest BCUT2D eigenvalue weighted by Gasteiger charge is 2.07. The van der Waals surface area contributed by atoms with E-state index in [-0.39, 0.29) is 0 Å². The lowest BCUT2D eigenvalue weighted by molar-refractivity contribution is 0.963. The number of hydrogen-bond acceptors (Lipinski definition) is 3. The molecular formula is C15H18BrN3. The van der Waals surface area contributed by atoms with Gasteiger partial charge in [0.1, 0.15) is 5.82 Å². The van der Waals surface area contributed by atoms with Crippen LogP contribution >= 0.6 is 15.9 Å². The molecule has 0 aliphatic heterocycles. The SMILES string of the molecule is CCCNc1nc(-c2ccc(C)c(C)c2)ncc1Br. The Kier molecular flexibility index (Phi) is 4.53.